The fraction of sp³-hybridized carbons (Fsp3) is 0.565. The smallest absolute Gasteiger partial charge is 0.266 e. The molecule has 1 aromatic heterocycles. The Bertz CT molecular complexity index is 941. The SMILES string of the molecule is CSc1ccccc1CN1[C@H]2CC[C@H]1CC(O)(Cn1nc(C3CC3)ccc1=O)C2. The van der Waals surface area contributed by atoms with Crippen molar-refractivity contribution < 1.29 is 5.11 Å². The molecular formula is C23H29N3O2S. The molecule has 5 nitrogen and oxygen atoms in total. The molecule has 29 heavy (non-hydrogen) atoms. The molecule has 1 N–H and O–H groups in total. The minimum absolute atomic E-state index is 0.105. The van der Waals surface area contributed by atoms with Crippen molar-refractivity contribution in [2.75, 3.05) is 6.26 Å². The van der Waals surface area contributed by atoms with Crippen LogP contribution in [0, 0.1) is 0 Å². The predicted molar refractivity (Wildman–Crippen MR) is 115 cm³/mol. The molecule has 2 saturated heterocycles. The Balaban J connectivity index is 1.33. The second kappa shape index (κ2) is 7.56. The highest BCUT2D eigenvalue weighted by Gasteiger charge is 2.47. The third kappa shape index (κ3) is 3.90. The van der Waals surface area contributed by atoms with Crippen molar-refractivity contribution in [2.45, 2.75) is 80.1 Å². The molecule has 0 unspecified atom stereocenters. The fourth-order valence-corrected chi connectivity index (χ4v) is 5.89. The van der Waals surface area contributed by atoms with Crippen molar-refractivity contribution in [2.24, 2.45) is 0 Å². The summed E-state index contributed by atoms with van der Waals surface area (Å²) in [4.78, 5) is 16.3. The van der Waals surface area contributed by atoms with Gasteiger partial charge in [0, 0.05) is 35.5 Å². The summed E-state index contributed by atoms with van der Waals surface area (Å²) in [7, 11) is 0. The molecule has 0 amide bonds. The fourth-order valence-electron chi connectivity index (χ4n) is 5.28. The monoisotopic (exact) mass is 411 g/mol. The topological polar surface area (TPSA) is 58.4 Å². The molecule has 3 aliphatic rings. The highest BCUT2D eigenvalue weighted by molar-refractivity contribution is 7.98. The van der Waals surface area contributed by atoms with E-state index in [1.54, 1.807) is 17.8 Å². The van der Waals surface area contributed by atoms with E-state index >= 15 is 0 Å². The summed E-state index contributed by atoms with van der Waals surface area (Å²) >= 11 is 1.80. The number of hydrogen-bond acceptors (Lipinski definition) is 5. The van der Waals surface area contributed by atoms with Crippen molar-refractivity contribution in [1.82, 2.24) is 14.7 Å². The molecule has 2 aromatic rings. The minimum Gasteiger partial charge on any atom is -0.388 e. The molecule has 2 aliphatic heterocycles. The van der Waals surface area contributed by atoms with E-state index in [-0.39, 0.29) is 5.56 Å². The molecule has 0 spiro atoms. The van der Waals surface area contributed by atoms with Crippen LogP contribution < -0.4 is 5.56 Å². The Morgan fingerprint density at radius 1 is 1.10 bits per heavy atom. The number of hydrogen-bond donors (Lipinski definition) is 1. The number of thioether (sulfide) groups is 1. The van der Waals surface area contributed by atoms with Gasteiger partial charge in [0.15, 0.2) is 0 Å². The molecule has 6 heteroatoms. The van der Waals surface area contributed by atoms with Crippen LogP contribution in [0.4, 0.5) is 0 Å². The van der Waals surface area contributed by atoms with Gasteiger partial charge in [-0.15, -0.1) is 11.8 Å². The molecule has 3 fully saturated rings. The largest absolute Gasteiger partial charge is 0.388 e. The van der Waals surface area contributed by atoms with Crippen LogP contribution in [-0.2, 0) is 13.1 Å². The molecule has 2 bridgehead atoms. The Morgan fingerprint density at radius 3 is 2.52 bits per heavy atom. The zero-order valence-corrected chi connectivity index (χ0v) is 17.8. The van der Waals surface area contributed by atoms with Gasteiger partial charge in [0.2, 0.25) is 0 Å². The zero-order valence-electron chi connectivity index (χ0n) is 17.0. The van der Waals surface area contributed by atoms with Crippen molar-refractivity contribution in [3.8, 4) is 0 Å². The van der Waals surface area contributed by atoms with Gasteiger partial charge in [-0.05, 0) is 62.5 Å². The van der Waals surface area contributed by atoms with E-state index in [1.807, 2.05) is 6.07 Å². The Morgan fingerprint density at radius 2 is 1.83 bits per heavy atom. The second-order valence-corrected chi connectivity index (χ2v) is 9.88. The summed E-state index contributed by atoms with van der Waals surface area (Å²) in [5.41, 5.74) is 1.42. The van der Waals surface area contributed by atoms with Gasteiger partial charge < -0.3 is 5.11 Å². The minimum atomic E-state index is -0.847. The first-order chi connectivity index (χ1) is 14.0. The van der Waals surface area contributed by atoms with E-state index in [4.69, 9.17) is 0 Å². The molecule has 3 heterocycles. The maximum atomic E-state index is 12.4. The van der Waals surface area contributed by atoms with E-state index < -0.39 is 5.60 Å². The third-order valence-electron chi connectivity index (χ3n) is 6.87. The average Bonchev–Trinajstić information content (AvgIpc) is 3.52. The summed E-state index contributed by atoms with van der Waals surface area (Å²) in [6, 6.07) is 12.8. The van der Waals surface area contributed by atoms with Gasteiger partial charge in [0.1, 0.15) is 0 Å². The Kier molecular flexibility index (Phi) is 5.04. The molecule has 1 aliphatic carbocycles. The molecule has 0 radical (unpaired) electrons. The summed E-state index contributed by atoms with van der Waals surface area (Å²) < 4.78 is 1.52. The first-order valence-corrected chi connectivity index (χ1v) is 12.0. The lowest BCUT2D eigenvalue weighted by Gasteiger charge is -2.44. The molecule has 5 rings (SSSR count). The maximum absolute atomic E-state index is 12.4. The number of aliphatic hydroxyl groups is 1. The first kappa shape index (κ1) is 19.3. The average molecular weight is 412 g/mol. The van der Waals surface area contributed by atoms with Crippen molar-refractivity contribution >= 4 is 11.8 Å². The lowest BCUT2D eigenvalue weighted by atomic mass is 9.85. The Labute approximate surface area is 176 Å². The van der Waals surface area contributed by atoms with E-state index in [0.29, 0.717) is 37.4 Å². The van der Waals surface area contributed by atoms with Crippen LogP contribution in [0.15, 0.2) is 46.1 Å². The van der Waals surface area contributed by atoms with Gasteiger partial charge in [0.05, 0.1) is 17.8 Å². The lowest BCUT2D eigenvalue weighted by Crippen LogP contribution is -2.53. The maximum Gasteiger partial charge on any atom is 0.266 e. The number of aromatic nitrogens is 2. The van der Waals surface area contributed by atoms with Gasteiger partial charge >= 0.3 is 0 Å². The third-order valence-corrected chi connectivity index (χ3v) is 7.71. The molecule has 1 aromatic carbocycles. The van der Waals surface area contributed by atoms with E-state index in [9.17, 15) is 9.90 Å². The number of nitrogens with zero attached hydrogens (tertiary/aromatic N) is 3. The van der Waals surface area contributed by atoms with Crippen LogP contribution in [0.3, 0.4) is 0 Å². The van der Waals surface area contributed by atoms with Gasteiger partial charge in [-0.3, -0.25) is 9.69 Å². The van der Waals surface area contributed by atoms with Gasteiger partial charge in [-0.1, -0.05) is 18.2 Å². The first-order valence-electron chi connectivity index (χ1n) is 10.7. The van der Waals surface area contributed by atoms with Gasteiger partial charge in [0.25, 0.3) is 5.56 Å². The van der Waals surface area contributed by atoms with Crippen LogP contribution >= 0.6 is 11.8 Å². The van der Waals surface area contributed by atoms with Crippen LogP contribution in [0.5, 0.6) is 0 Å². The normalized spacial score (nSPS) is 29.3. The van der Waals surface area contributed by atoms with E-state index in [0.717, 1.165) is 37.9 Å². The molecule has 154 valence electrons. The number of piperidine rings is 1. The molecule has 1 saturated carbocycles. The summed E-state index contributed by atoms with van der Waals surface area (Å²) in [5, 5.41) is 16.0. The van der Waals surface area contributed by atoms with Crippen LogP contribution in [0.25, 0.3) is 0 Å². The van der Waals surface area contributed by atoms with Crippen LogP contribution in [0.1, 0.15) is 55.7 Å². The van der Waals surface area contributed by atoms with Crippen molar-refractivity contribution in [3.05, 3.63) is 58.0 Å². The summed E-state index contributed by atoms with van der Waals surface area (Å²) in [5.74, 6) is 0.506. The quantitative estimate of drug-likeness (QED) is 0.739. The number of rotatable bonds is 6. The zero-order chi connectivity index (χ0) is 20.0. The van der Waals surface area contributed by atoms with Crippen molar-refractivity contribution in [3.63, 3.8) is 0 Å². The van der Waals surface area contributed by atoms with E-state index in [1.165, 1.54) is 15.1 Å². The highest BCUT2D eigenvalue weighted by Crippen LogP contribution is 2.43. The van der Waals surface area contributed by atoms with Crippen LogP contribution in [-0.4, -0.2) is 43.7 Å². The lowest BCUT2D eigenvalue weighted by molar-refractivity contribution is -0.0679. The standard InChI is InChI=1S/C23H29N3O2S/c1-29-21-5-3-2-4-17(21)14-25-18-8-9-19(25)13-23(28,12-18)15-26-22(27)11-10-20(24-26)16-6-7-16/h2-5,10-11,16,18-19,28H,6-9,12-15H2,1H3/t18-,19-/m0/s1. The van der Waals surface area contributed by atoms with Crippen LogP contribution in [0.2, 0.25) is 0 Å². The van der Waals surface area contributed by atoms with E-state index in [2.05, 4.69) is 40.5 Å². The summed E-state index contributed by atoms with van der Waals surface area (Å²) in [6.07, 6.45) is 8.12. The number of benzene rings is 1. The van der Waals surface area contributed by atoms with Gasteiger partial charge in [-0.2, -0.15) is 5.10 Å². The molecule has 2 atom stereocenters. The van der Waals surface area contributed by atoms with Crippen molar-refractivity contribution in [1.29, 1.82) is 0 Å². The number of fused-ring (bicyclic) bond motifs is 2. The molecular weight excluding hydrogens is 382 g/mol. The predicted octanol–water partition coefficient (Wildman–Crippen LogP) is 3.40. The highest BCUT2D eigenvalue weighted by atomic mass is 32.2. The Hall–Kier alpha value is -1.63. The second-order valence-electron chi connectivity index (χ2n) is 9.03. The van der Waals surface area contributed by atoms with Gasteiger partial charge in [-0.25, -0.2) is 4.68 Å². The summed E-state index contributed by atoms with van der Waals surface area (Å²) in [6.45, 7) is 1.26.